The minimum absolute atomic E-state index is 0.0559. The number of aromatic nitrogens is 1. The van der Waals surface area contributed by atoms with Crippen LogP contribution >= 0.6 is 55.1 Å². The predicted molar refractivity (Wildman–Crippen MR) is 174 cm³/mol. The first-order chi connectivity index (χ1) is 21.4. The molecule has 0 radical (unpaired) electrons. The minimum atomic E-state index is -4.69. The standard InChI is InChI=1S/C31H18Br2Cl2F3N3O4/c1-44-24-10-9-17(34)13-20(24)30(43)45-28-15(11-16(32)12-22(28)33)14-39-41-29(42)27-25(18-5-2-3-8-23(18)35)19-6-4-7-21(26(19)40-27)31(36,37)38/h2-14,40H,1H3,(H,41,42). The van der Waals surface area contributed by atoms with Crippen LogP contribution in [0.3, 0.4) is 0 Å². The molecule has 14 heteroatoms. The summed E-state index contributed by atoms with van der Waals surface area (Å²) in [6.45, 7) is 0. The number of para-hydroxylation sites is 1. The monoisotopic (exact) mass is 781 g/mol. The first kappa shape index (κ1) is 32.6. The van der Waals surface area contributed by atoms with E-state index < -0.39 is 23.6 Å². The third-order valence-corrected chi connectivity index (χ3v) is 8.10. The Labute approximate surface area is 280 Å². The van der Waals surface area contributed by atoms with Crippen LogP contribution in [0.25, 0.3) is 22.0 Å². The number of nitrogens with zero attached hydrogens (tertiary/aromatic N) is 1. The van der Waals surface area contributed by atoms with E-state index in [1.807, 2.05) is 0 Å². The number of hydrazone groups is 1. The summed E-state index contributed by atoms with van der Waals surface area (Å²) in [4.78, 5) is 29.2. The molecule has 2 N–H and O–H groups in total. The number of amides is 1. The van der Waals surface area contributed by atoms with E-state index in [0.29, 0.717) is 14.5 Å². The van der Waals surface area contributed by atoms with Crippen LogP contribution in [0.1, 0.15) is 32.0 Å². The number of alkyl halides is 3. The number of carbonyl (C=O) groups excluding carboxylic acids is 2. The van der Waals surface area contributed by atoms with Gasteiger partial charge in [0.2, 0.25) is 0 Å². The summed E-state index contributed by atoms with van der Waals surface area (Å²) in [6, 6.07) is 17.8. The van der Waals surface area contributed by atoms with Gasteiger partial charge in [-0.2, -0.15) is 18.3 Å². The van der Waals surface area contributed by atoms with Gasteiger partial charge in [0.05, 0.1) is 28.9 Å². The molecule has 1 aromatic heterocycles. The molecule has 0 aliphatic rings. The molecule has 0 spiro atoms. The van der Waals surface area contributed by atoms with Gasteiger partial charge >= 0.3 is 12.1 Å². The number of fused-ring (bicyclic) bond motifs is 1. The van der Waals surface area contributed by atoms with Crippen molar-refractivity contribution < 1.29 is 32.2 Å². The lowest BCUT2D eigenvalue weighted by molar-refractivity contribution is -0.136. The average Bonchev–Trinajstić information content (AvgIpc) is 3.38. The highest BCUT2D eigenvalue weighted by molar-refractivity contribution is 9.11. The minimum Gasteiger partial charge on any atom is -0.496 e. The number of methoxy groups -OCH3 is 1. The van der Waals surface area contributed by atoms with Crippen molar-refractivity contribution in [3.63, 3.8) is 0 Å². The molecule has 1 amide bonds. The smallest absolute Gasteiger partial charge is 0.418 e. The van der Waals surface area contributed by atoms with Crippen molar-refractivity contribution in [1.82, 2.24) is 10.4 Å². The molecule has 7 nitrogen and oxygen atoms in total. The molecular formula is C31H18Br2Cl2F3N3O4. The topological polar surface area (TPSA) is 92.8 Å². The van der Waals surface area contributed by atoms with Crippen molar-refractivity contribution in [3.05, 3.63) is 114 Å². The Hall–Kier alpha value is -3.84. The van der Waals surface area contributed by atoms with Crippen LogP contribution in [0.4, 0.5) is 13.2 Å². The fraction of sp³-hybridized carbons (Fsp3) is 0.0645. The summed E-state index contributed by atoms with van der Waals surface area (Å²) in [7, 11) is 1.39. The van der Waals surface area contributed by atoms with Crippen molar-refractivity contribution in [2.45, 2.75) is 6.18 Å². The number of halogens is 7. The number of nitrogens with one attached hydrogen (secondary N) is 2. The van der Waals surface area contributed by atoms with Gasteiger partial charge in [-0.3, -0.25) is 4.79 Å². The van der Waals surface area contributed by atoms with Gasteiger partial charge in [0, 0.05) is 36.6 Å². The van der Waals surface area contributed by atoms with Gasteiger partial charge in [-0.05, 0) is 58.4 Å². The summed E-state index contributed by atoms with van der Waals surface area (Å²) < 4.78 is 53.5. The van der Waals surface area contributed by atoms with Crippen molar-refractivity contribution in [2.75, 3.05) is 7.11 Å². The number of benzene rings is 4. The van der Waals surface area contributed by atoms with Crippen molar-refractivity contribution in [1.29, 1.82) is 0 Å². The Morgan fingerprint density at radius 2 is 1.76 bits per heavy atom. The number of esters is 1. The zero-order valence-electron chi connectivity index (χ0n) is 22.7. The Morgan fingerprint density at radius 1 is 1.00 bits per heavy atom. The maximum atomic E-state index is 13.9. The quantitative estimate of drug-likeness (QED) is 0.0745. The van der Waals surface area contributed by atoms with Gasteiger partial charge in [0.1, 0.15) is 17.0 Å². The van der Waals surface area contributed by atoms with E-state index in [1.54, 1.807) is 42.5 Å². The highest BCUT2D eigenvalue weighted by Gasteiger charge is 2.35. The van der Waals surface area contributed by atoms with Crippen LogP contribution in [0.2, 0.25) is 10.0 Å². The average molecular weight is 784 g/mol. The highest BCUT2D eigenvalue weighted by Crippen LogP contribution is 2.41. The number of hydrogen-bond acceptors (Lipinski definition) is 5. The van der Waals surface area contributed by atoms with Crippen molar-refractivity contribution in [2.24, 2.45) is 5.10 Å². The molecule has 0 atom stereocenters. The third kappa shape index (κ3) is 6.89. The fourth-order valence-electron chi connectivity index (χ4n) is 4.56. The number of hydrogen-bond donors (Lipinski definition) is 2. The largest absolute Gasteiger partial charge is 0.496 e. The summed E-state index contributed by atoms with van der Waals surface area (Å²) in [5, 5.41) is 4.68. The summed E-state index contributed by atoms with van der Waals surface area (Å²) in [5.41, 5.74) is 1.76. The van der Waals surface area contributed by atoms with Gasteiger partial charge in [-0.1, -0.05) is 69.5 Å². The van der Waals surface area contributed by atoms with Crippen LogP contribution < -0.4 is 14.9 Å². The number of aromatic amines is 1. The molecule has 4 aromatic carbocycles. The van der Waals surface area contributed by atoms with E-state index >= 15 is 0 Å². The maximum absolute atomic E-state index is 13.9. The molecule has 0 saturated heterocycles. The second kappa shape index (κ2) is 13.3. The zero-order chi connectivity index (χ0) is 32.5. The van der Waals surface area contributed by atoms with Gasteiger partial charge in [0.25, 0.3) is 5.91 Å². The lowest BCUT2D eigenvalue weighted by Crippen LogP contribution is -2.19. The Kier molecular flexibility index (Phi) is 9.59. The van der Waals surface area contributed by atoms with Gasteiger partial charge in [-0.15, -0.1) is 0 Å². The second-order valence-corrected chi connectivity index (χ2v) is 11.9. The molecule has 0 fully saturated rings. The van der Waals surface area contributed by atoms with Gasteiger partial charge in [0.15, 0.2) is 5.75 Å². The maximum Gasteiger partial charge on any atom is 0.418 e. The molecule has 0 saturated carbocycles. The molecular weight excluding hydrogens is 766 g/mol. The Bertz CT molecular complexity index is 2000. The SMILES string of the molecule is COc1ccc(Cl)cc1C(=O)Oc1c(Br)cc(Br)cc1C=NNC(=O)c1[nH]c2c(C(F)(F)F)cccc2c1-c1ccccc1Cl. The molecule has 5 rings (SSSR count). The fourth-order valence-corrected chi connectivity index (χ4v) is 6.30. The van der Waals surface area contributed by atoms with Gasteiger partial charge in [-0.25, -0.2) is 10.2 Å². The van der Waals surface area contributed by atoms with Crippen LogP contribution in [0, 0.1) is 0 Å². The number of H-pyrrole nitrogens is 1. The molecule has 0 aliphatic carbocycles. The first-order valence-electron chi connectivity index (χ1n) is 12.7. The predicted octanol–water partition coefficient (Wildman–Crippen LogP) is 9.68. The number of carbonyl (C=O) groups is 2. The molecule has 230 valence electrons. The number of ether oxygens (including phenoxy) is 2. The number of rotatable bonds is 7. The van der Waals surface area contributed by atoms with E-state index in [1.165, 1.54) is 37.6 Å². The lowest BCUT2D eigenvalue weighted by atomic mass is 10.00. The second-order valence-electron chi connectivity index (χ2n) is 9.32. The zero-order valence-corrected chi connectivity index (χ0v) is 27.4. The first-order valence-corrected chi connectivity index (χ1v) is 15.1. The molecule has 0 aliphatic heterocycles. The normalized spacial score (nSPS) is 11.6. The summed E-state index contributed by atoms with van der Waals surface area (Å²) in [6.07, 6.45) is -3.48. The lowest BCUT2D eigenvalue weighted by Gasteiger charge is -2.12. The summed E-state index contributed by atoms with van der Waals surface area (Å²) in [5.74, 6) is -1.33. The van der Waals surface area contributed by atoms with Crippen LogP contribution in [-0.4, -0.2) is 30.2 Å². The van der Waals surface area contributed by atoms with E-state index in [2.05, 4.69) is 47.4 Å². The molecule has 0 bridgehead atoms. The van der Waals surface area contributed by atoms with Gasteiger partial charge < -0.3 is 14.5 Å². The van der Waals surface area contributed by atoms with Crippen molar-refractivity contribution >= 4 is 84.1 Å². The summed E-state index contributed by atoms with van der Waals surface area (Å²) >= 11 is 19.2. The highest BCUT2D eigenvalue weighted by atomic mass is 79.9. The van der Waals surface area contributed by atoms with Crippen LogP contribution in [0.5, 0.6) is 11.5 Å². The molecule has 1 heterocycles. The Balaban J connectivity index is 1.51. The van der Waals surface area contributed by atoms with Crippen LogP contribution in [-0.2, 0) is 6.18 Å². The van der Waals surface area contributed by atoms with E-state index in [-0.39, 0.29) is 54.8 Å². The molecule has 45 heavy (non-hydrogen) atoms. The molecule has 0 unspecified atom stereocenters. The van der Waals surface area contributed by atoms with Crippen LogP contribution in [0.15, 0.2) is 86.8 Å². The van der Waals surface area contributed by atoms with Crippen molar-refractivity contribution in [3.8, 4) is 22.6 Å². The van der Waals surface area contributed by atoms with E-state index in [0.717, 1.165) is 6.07 Å². The van der Waals surface area contributed by atoms with E-state index in [9.17, 15) is 22.8 Å². The van der Waals surface area contributed by atoms with E-state index in [4.69, 9.17) is 32.7 Å². The Morgan fingerprint density at radius 3 is 2.47 bits per heavy atom. The molecule has 5 aromatic rings. The third-order valence-electron chi connectivity index (χ3n) is 6.49.